The third-order valence-corrected chi connectivity index (χ3v) is 3.27. The van der Waals surface area contributed by atoms with Crippen LogP contribution < -0.4 is 17.7 Å². The Morgan fingerprint density at radius 2 is 0.882 bits per heavy atom. The Hall–Kier alpha value is 0.250. The standard InChI is InChI=1S/C15H33N.ClH/c1-3-5-7-8-9-10-11-13-15-16-14-12-6-4-2;/h16H,3-15H2,1-2H3;1H. The van der Waals surface area contributed by atoms with E-state index in [1.165, 1.54) is 83.7 Å². The topological polar surface area (TPSA) is 16.6 Å². The lowest BCUT2D eigenvalue weighted by molar-refractivity contribution is -0.655. The molecule has 2 N–H and O–H groups in total. The molecule has 0 aliphatic heterocycles. The van der Waals surface area contributed by atoms with E-state index < -0.39 is 0 Å². The lowest BCUT2D eigenvalue weighted by Crippen LogP contribution is -3.00. The SMILES string of the molecule is CCCCCCCCCC[NH2+]CCCCC.[Cl-]. The molecule has 0 saturated heterocycles. The molecule has 0 fully saturated rings. The van der Waals surface area contributed by atoms with Gasteiger partial charge >= 0.3 is 0 Å². The maximum Gasteiger partial charge on any atom is 0.0755 e. The van der Waals surface area contributed by atoms with Crippen molar-refractivity contribution < 1.29 is 17.7 Å². The van der Waals surface area contributed by atoms with Crippen molar-refractivity contribution in [2.24, 2.45) is 0 Å². The Balaban J connectivity index is 0. The van der Waals surface area contributed by atoms with Crippen LogP contribution in [0.5, 0.6) is 0 Å². The fourth-order valence-corrected chi connectivity index (χ4v) is 2.11. The Labute approximate surface area is 116 Å². The van der Waals surface area contributed by atoms with Crippen LogP contribution in [0.15, 0.2) is 0 Å². The van der Waals surface area contributed by atoms with Gasteiger partial charge in [0.05, 0.1) is 13.1 Å². The molecule has 0 saturated carbocycles. The summed E-state index contributed by atoms with van der Waals surface area (Å²) in [5.41, 5.74) is 0. The van der Waals surface area contributed by atoms with Gasteiger partial charge < -0.3 is 17.7 Å². The van der Waals surface area contributed by atoms with Crippen molar-refractivity contribution in [1.82, 2.24) is 0 Å². The predicted octanol–water partition coefficient (Wildman–Crippen LogP) is 0.885. The molecular formula is C15H34ClN. The molecule has 0 unspecified atom stereocenters. The minimum absolute atomic E-state index is 0. The first-order valence-electron chi connectivity index (χ1n) is 7.73. The van der Waals surface area contributed by atoms with Gasteiger partial charge in [-0.25, -0.2) is 0 Å². The van der Waals surface area contributed by atoms with Crippen LogP contribution in [-0.2, 0) is 0 Å². The molecule has 1 nitrogen and oxygen atoms in total. The zero-order valence-corrected chi connectivity index (χ0v) is 12.9. The first kappa shape index (κ1) is 19.6. The predicted molar refractivity (Wildman–Crippen MR) is 73.8 cm³/mol. The third kappa shape index (κ3) is 18.8. The maximum absolute atomic E-state index is 2.51. The molecule has 0 aromatic heterocycles. The summed E-state index contributed by atoms with van der Waals surface area (Å²) in [7, 11) is 0. The molecule has 2 heteroatoms. The van der Waals surface area contributed by atoms with E-state index in [4.69, 9.17) is 0 Å². The van der Waals surface area contributed by atoms with Gasteiger partial charge in [-0.2, -0.15) is 0 Å². The van der Waals surface area contributed by atoms with E-state index in [-0.39, 0.29) is 12.4 Å². The van der Waals surface area contributed by atoms with Crippen LogP contribution in [0.1, 0.15) is 84.5 Å². The van der Waals surface area contributed by atoms with Gasteiger partial charge in [0.2, 0.25) is 0 Å². The second-order valence-corrected chi connectivity index (χ2v) is 5.05. The van der Waals surface area contributed by atoms with Gasteiger partial charge in [0, 0.05) is 0 Å². The summed E-state index contributed by atoms with van der Waals surface area (Å²) in [6.45, 7) is 7.27. The summed E-state index contributed by atoms with van der Waals surface area (Å²) in [5, 5.41) is 2.51. The fourth-order valence-electron chi connectivity index (χ4n) is 2.11. The molecule has 17 heavy (non-hydrogen) atoms. The van der Waals surface area contributed by atoms with E-state index in [0.717, 1.165) is 0 Å². The normalized spacial score (nSPS) is 10.2. The smallest absolute Gasteiger partial charge is 0.0755 e. The van der Waals surface area contributed by atoms with Crippen LogP contribution in [0.2, 0.25) is 0 Å². The molecule has 0 rings (SSSR count). The summed E-state index contributed by atoms with van der Waals surface area (Å²) in [6.07, 6.45) is 15.7. The third-order valence-electron chi connectivity index (χ3n) is 3.27. The summed E-state index contributed by atoms with van der Waals surface area (Å²) in [6, 6.07) is 0. The van der Waals surface area contributed by atoms with Crippen molar-refractivity contribution in [3.63, 3.8) is 0 Å². The quantitative estimate of drug-likeness (QED) is 0.476. The van der Waals surface area contributed by atoms with Gasteiger partial charge in [0.1, 0.15) is 0 Å². The number of nitrogens with two attached hydrogens (primary N) is 1. The van der Waals surface area contributed by atoms with Crippen LogP contribution >= 0.6 is 0 Å². The Morgan fingerprint density at radius 1 is 0.529 bits per heavy atom. The number of quaternary nitrogens is 1. The molecule has 0 spiro atoms. The van der Waals surface area contributed by atoms with Crippen molar-refractivity contribution in [2.75, 3.05) is 13.1 Å². The zero-order valence-electron chi connectivity index (χ0n) is 12.1. The second-order valence-electron chi connectivity index (χ2n) is 5.05. The molecule has 0 atom stereocenters. The highest BCUT2D eigenvalue weighted by Crippen LogP contribution is 2.07. The molecule has 0 aliphatic carbocycles. The number of hydrogen-bond acceptors (Lipinski definition) is 0. The minimum atomic E-state index is 0. The first-order chi connectivity index (χ1) is 7.91. The van der Waals surface area contributed by atoms with Crippen LogP contribution in [0, 0.1) is 0 Å². The Morgan fingerprint density at radius 3 is 1.41 bits per heavy atom. The van der Waals surface area contributed by atoms with E-state index in [1.807, 2.05) is 0 Å². The van der Waals surface area contributed by atoms with Gasteiger partial charge in [-0.1, -0.05) is 58.8 Å². The largest absolute Gasteiger partial charge is 1.00 e. The van der Waals surface area contributed by atoms with Gasteiger partial charge in [-0.05, 0) is 25.7 Å². The first-order valence-corrected chi connectivity index (χ1v) is 7.73. The van der Waals surface area contributed by atoms with Crippen molar-refractivity contribution in [2.45, 2.75) is 84.5 Å². The van der Waals surface area contributed by atoms with Crippen LogP contribution in [0.4, 0.5) is 0 Å². The molecule has 0 amide bonds. The van der Waals surface area contributed by atoms with E-state index in [0.29, 0.717) is 0 Å². The molecule has 0 radical (unpaired) electrons. The van der Waals surface area contributed by atoms with Gasteiger partial charge in [-0.3, -0.25) is 0 Å². The average molecular weight is 264 g/mol. The summed E-state index contributed by atoms with van der Waals surface area (Å²) >= 11 is 0. The average Bonchev–Trinajstić information content (AvgIpc) is 2.31. The van der Waals surface area contributed by atoms with Gasteiger partial charge in [-0.15, -0.1) is 0 Å². The number of rotatable bonds is 13. The molecule has 0 heterocycles. The summed E-state index contributed by atoms with van der Waals surface area (Å²) < 4.78 is 0. The highest BCUT2D eigenvalue weighted by Gasteiger charge is 1.93. The van der Waals surface area contributed by atoms with E-state index in [2.05, 4.69) is 19.2 Å². The lowest BCUT2D eigenvalue weighted by Gasteiger charge is -2.02. The molecule has 0 aromatic rings. The molecule has 106 valence electrons. The number of unbranched alkanes of at least 4 members (excludes halogenated alkanes) is 9. The fraction of sp³-hybridized carbons (Fsp3) is 1.00. The van der Waals surface area contributed by atoms with Crippen molar-refractivity contribution >= 4 is 0 Å². The highest BCUT2D eigenvalue weighted by molar-refractivity contribution is 4.45. The van der Waals surface area contributed by atoms with Crippen molar-refractivity contribution in [3.05, 3.63) is 0 Å². The van der Waals surface area contributed by atoms with Crippen molar-refractivity contribution in [1.29, 1.82) is 0 Å². The van der Waals surface area contributed by atoms with Crippen LogP contribution in [-0.4, -0.2) is 13.1 Å². The second kappa shape index (κ2) is 18.6. The van der Waals surface area contributed by atoms with Gasteiger partial charge in [0.15, 0.2) is 0 Å². The van der Waals surface area contributed by atoms with E-state index >= 15 is 0 Å². The van der Waals surface area contributed by atoms with E-state index in [1.54, 1.807) is 0 Å². The highest BCUT2D eigenvalue weighted by atomic mass is 35.5. The zero-order chi connectivity index (χ0) is 11.9. The monoisotopic (exact) mass is 263 g/mol. The summed E-state index contributed by atoms with van der Waals surface area (Å²) in [5.74, 6) is 0. The molecular weight excluding hydrogens is 230 g/mol. The molecule has 0 aromatic carbocycles. The van der Waals surface area contributed by atoms with Crippen LogP contribution in [0.3, 0.4) is 0 Å². The molecule has 0 aliphatic rings. The minimum Gasteiger partial charge on any atom is -1.00 e. The Kier molecular flexibility index (Phi) is 21.4. The number of halogens is 1. The lowest BCUT2D eigenvalue weighted by atomic mass is 10.1. The van der Waals surface area contributed by atoms with E-state index in [9.17, 15) is 0 Å². The molecule has 0 bridgehead atoms. The summed E-state index contributed by atoms with van der Waals surface area (Å²) in [4.78, 5) is 0. The van der Waals surface area contributed by atoms with Crippen LogP contribution in [0.25, 0.3) is 0 Å². The Bertz CT molecular complexity index is 103. The van der Waals surface area contributed by atoms with Gasteiger partial charge in [0.25, 0.3) is 0 Å². The maximum atomic E-state index is 2.51. The number of hydrogen-bond donors (Lipinski definition) is 1. The van der Waals surface area contributed by atoms with Crippen molar-refractivity contribution in [3.8, 4) is 0 Å².